The maximum Gasteiger partial charge on any atom is 0.158 e. The van der Waals surface area contributed by atoms with Gasteiger partial charge in [0.25, 0.3) is 0 Å². The second-order valence-electron chi connectivity index (χ2n) is 5.73. The third kappa shape index (κ3) is 3.65. The van der Waals surface area contributed by atoms with E-state index in [0.29, 0.717) is 30.2 Å². The summed E-state index contributed by atoms with van der Waals surface area (Å²) >= 11 is 6.14. The molecule has 0 amide bonds. The summed E-state index contributed by atoms with van der Waals surface area (Å²) in [5.74, 6) is 1.61. The molecule has 0 spiro atoms. The smallest absolute Gasteiger partial charge is 0.158 e. The van der Waals surface area contributed by atoms with Crippen molar-refractivity contribution in [1.82, 2.24) is 14.9 Å². The van der Waals surface area contributed by atoms with E-state index in [-0.39, 0.29) is 0 Å². The highest BCUT2D eigenvalue weighted by Crippen LogP contribution is 2.25. The van der Waals surface area contributed by atoms with Crippen molar-refractivity contribution in [2.24, 2.45) is 0 Å². The van der Waals surface area contributed by atoms with E-state index in [4.69, 9.17) is 16.3 Å². The van der Waals surface area contributed by atoms with Gasteiger partial charge in [0, 0.05) is 38.3 Å². The number of rotatable bonds is 4. The molecule has 1 aromatic heterocycles. The summed E-state index contributed by atoms with van der Waals surface area (Å²) in [6, 6.07) is 2.53. The first-order valence-electron chi connectivity index (χ1n) is 7.86. The topological polar surface area (TPSA) is 41.5 Å². The highest BCUT2D eigenvalue weighted by atomic mass is 35.5. The summed E-state index contributed by atoms with van der Waals surface area (Å²) < 4.78 is 5.39. The fourth-order valence-corrected chi connectivity index (χ4v) is 3.43. The standard InChI is InChI=1S/C15H23ClN4O/c1-2-21-11-14-17-13(16)9-15(18-14)20-8-7-19-6-4-3-5-12(19)10-20/h9,12H,2-8,10-11H2,1H3. The van der Waals surface area contributed by atoms with E-state index in [1.807, 2.05) is 13.0 Å². The first-order valence-corrected chi connectivity index (χ1v) is 8.24. The number of piperazine rings is 1. The second kappa shape index (κ2) is 6.90. The van der Waals surface area contributed by atoms with Crippen molar-refractivity contribution >= 4 is 17.4 Å². The predicted octanol–water partition coefficient (Wildman–Crippen LogP) is 2.34. The molecule has 0 aromatic carbocycles. The highest BCUT2D eigenvalue weighted by molar-refractivity contribution is 6.29. The van der Waals surface area contributed by atoms with Crippen molar-refractivity contribution < 1.29 is 4.74 Å². The number of piperidine rings is 1. The lowest BCUT2D eigenvalue weighted by Crippen LogP contribution is -2.55. The van der Waals surface area contributed by atoms with Crippen molar-refractivity contribution in [3.8, 4) is 0 Å². The maximum atomic E-state index is 6.14. The van der Waals surface area contributed by atoms with Gasteiger partial charge in [-0.2, -0.15) is 0 Å². The summed E-state index contributed by atoms with van der Waals surface area (Å²) in [4.78, 5) is 13.8. The molecule has 3 heterocycles. The number of halogens is 1. The first kappa shape index (κ1) is 15.0. The van der Waals surface area contributed by atoms with Crippen molar-refractivity contribution in [1.29, 1.82) is 0 Å². The second-order valence-corrected chi connectivity index (χ2v) is 6.12. The Labute approximate surface area is 131 Å². The molecule has 6 heteroatoms. The third-order valence-corrected chi connectivity index (χ3v) is 4.52. The molecule has 1 aromatic rings. The third-order valence-electron chi connectivity index (χ3n) is 4.32. The Kier molecular flexibility index (Phi) is 4.93. The molecule has 3 rings (SSSR count). The zero-order valence-electron chi connectivity index (χ0n) is 12.6. The van der Waals surface area contributed by atoms with E-state index in [0.717, 1.165) is 25.5 Å². The van der Waals surface area contributed by atoms with Crippen LogP contribution in [-0.4, -0.2) is 53.7 Å². The van der Waals surface area contributed by atoms with Gasteiger partial charge >= 0.3 is 0 Å². The fourth-order valence-electron chi connectivity index (χ4n) is 3.24. The van der Waals surface area contributed by atoms with Crippen LogP contribution in [0.2, 0.25) is 5.15 Å². The molecular formula is C15H23ClN4O. The molecule has 2 saturated heterocycles. The molecular weight excluding hydrogens is 288 g/mol. The number of aromatic nitrogens is 2. The maximum absolute atomic E-state index is 6.14. The van der Waals surface area contributed by atoms with Crippen LogP contribution in [0.15, 0.2) is 6.07 Å². The van der Waals surface area contributed by atoms with Gasteiger partial charge < -0.3 is 9.64 Å². The molecule has 1 atom stereocenters. The average molecular weight is 311 g/mol. The highest BCUT2D eigenvalue weighted by Gasteiger charge is 2.29. The molecule has 1 unspecified atom stereocenters. The van der Waals surface area contributed by atoms with Crippen LogP contribution in [0, 0.1) is 0 Å². The van der Waals surface area contributed by atoms with Crippen LogP contribution in [0.1, 0.15) is 32.0 Å². The monoisotopic (exact) mass is 310 g/mol. The van der Waals surface area contributed by atoms with Crippen molar-refractivity contribution in [2.45, 2.75) is 38.8 Å². The number of hydrogen-bond donors (Lipinski definition) is 0. The largest absolute Gasteiger partial charge is 0.374 e. The van der Waals surface area contributed by atoms with E-state index in [9.17, 15) is 0 Å². The minimum absolute atomic E-state index is 0.424. The van der Waals surface area contributed by atoms with Crippen LogP contribution >= 0.6 is 11.6 Å². The van der Waals surface area contributed by atoms with Gasteiger partial charge in [-0.3, -0.25) is 4.90 Å². The minimum Gasteiger partial charge on any atom is -0.374 e. The van der Waals surface area contributed by atoms with E-state index >= 15 is 0 Å². The Morgan fingerprint density at radius 3 is 3.05 bits per heavy atom. The van der Waals surface area contributed by atoms with Gasteiger partial charge in [0.2, 0.25) is 0 Å². The molecule has 0 N–H and O–H groups in total. The van der Waals surface area contributed by atoms with E-state index < -0.39 is 0 Å². The van der Waals surface area contributed by atoms with Gasteiger partial charge in [-0.05, 0) is 26.3 Å². The first-order chi connectivity index (χ1) is 10.3. The lowest BCUT2D eigenvalue weighted by Gasteiger charge is -2.44. The normalized spacial score (nSPS) is 23.1. The summed E-state index contributed by atoms with van der Waals surface area (Å²) in [6.07, 6.45) is 3.98. The minimum atomic E-state index is 0.424. The van der Waals surface area contributed by atoms with Gasteiger partial charge in [-0.1, -0.05) is 18.0 Å². The summed E-state index contributed by atoms with van der Waals surface area (Å²) in [6.45, 7) is 7.47. The molecule has 0 radical (unpaired) electrons. The Morgan fingerprint density at radius 1 is 1.29 bits per heavy atom. The Morgan fingerprint density at radius 2 is 2.19 bits per heavy atom. The Hall–Kier alpha value is -0.910. The van der Waals surface area contributed by atoms with Gasteiger partial charge in [-0.15, -0.1) is 0 Å². The van der Waals surface area contributed by atoms with Gasteiger partial charge in [0.1, 0.15) is 17.6 Å². The quantitative estimate of drug-likeness (QED) is 0.799. The summed E-state index contributed by atoms with van der Waals surface area (Å²) in [5.41, 5.74) is 0. The van der Waals surface area contributed by atoms with E-state index in [1.165, 1.54) is 25.8 Å². The number of hydrogen-bond acceptors (Lipinski definition) is 5. The fraction of sp³-hybridized carbons (Fsp3) is 0.733. The Balaban J connectivity index is 1.72. The molecule has 21 heavy (non-hydrogen) atoms. The van der Waals surface area contributed by atoms with E-state index in [2.05, 4.69) is 19.8 Å². The number of anilines is 1. The lowest BCUT2D eigenvalue weighted by atomic mass is 9.99. The van der Waals surface area contributed by atoms with Crippen molar-refractivity contribution in [3.63, 3.8) is 0 Å². The summed E-state index contributed by atoms with van der Waals surface area (Å²) in [5, 5.41) is 0.501. The van der Waals surface area contributed by atoms with Crippen molar-refractivity contribution in [3.05, 3.63) is 17.0 Å². The molecule has 116 valence electrons. The van der Waals surface area contributed by atoms with Gasteiger partial charge in [0.05, 0.1) is 0 Å². The van der Waals surface area contributed by atoms with Crippen LogP contribution in [0.3, 0.4) is 0 Å². The lowest BCUT2D eigenvalue weighted by molar-refractivity contribution is 0.127. The van der Waals surface area contributed by atoms with Gasteiger partial charge in [-0.25, -0.2) is 9.97 Å². The summed E-state index contributed by atoms with van der Waals surface area (Å²) in [7, 11) is 0. The van der Waals surface area contributed by atoms with Crippen LogP contribution in [-0.2, 0) is 11.3 Å². The molecule has 0 saturated carbocycles. The molecule has 0 bridgehead atoms. The van der Waals surface area contributed by atoms with Crippen LogP contribution in [0.25, 0.3) is 0 Å². The number of ether oxygens (including phenoxy) is 1. The van der Waals surface area contributed by atoms with Crippen LogP contribution < -0.4 is 4.90 Å². The predicted molar refractivity (Wildman–Crippen MR) is 83.8 cm³/mol. The van der Waals surface area contributed by atoms with Gasteiger partial charge in [0.15, 0.2) is 5.82 Å². The van der Waals surface area contributed by atoms with Crippen molar-refractivity contribution in [2.75, 3.05) is 37.7 Å². The zero-order valence-corrected chi connectivity index (χ0v) is 13.3. The molecule has 2 aliphatic rings. The number of nitrogens with zero attached hydrogens (tertiary/aromatic N) is 4. The zero-order chi connectivity index (χ0) is 14.7. The average Bonchev–Trinajstić information content (AvgIpc) is 2.52. The molecule has 2 aliphatic heterocycles. The molecule has 5 nitrogen and oxygen atoms in total. The number of fused-ring (bicyclic) bond motifs is 1. The molecule has 0 aliphatic carbocycles. The van der Waals surface area contributed by atoms with Crippen LogP contribution in [0.5, 0.6) is 0 Å². The molecule has 2 fully saturated rings. The van der Waals surface area contributed by atoms with Crippen LogP contribution in [0.4, 0.5) is 5.82 Å². The van der Waals surface area contributed by atoms with E-state index in [1.54, 1.807) is 0 Å². The Bertz CT molecular complexity index is 485. The SMILES string of the molecule is CCOCc1nc(Cl)cc(N2CCN3CCCCC3C2)n1.